The van der Waals surface area contributed by atoms with E-state index in [2.05, 4.69) is 17.5 Å². The summed E-state index contributed by atoms with van der Waals surface area (Å²) < 4.78 is 2.57. The van der Waals surface area contributed by atoms with E-state index in [1.165, 1.54) is 0 Å². The minimum absolute atomic E-state index is 0.390. The summed E-state index contributed by atoms with van der Waals surface area (Å²) in [6.45, 7) is 0. The molecule has 3 N–H and O–H groups in total. The van der Waals surface area contributed by atoms with Gasteiger partial charge in [0.05, 0.1) is 6.04 Å². The van der Waals surface area contributed by atoms with E-state index in [0.29, 0.717) is 6.42 Å². The monoisotopic (exact) mass is 196 g/mol. The molecule has 1 unspecified atom stereocenters. The van der Waals surface area contributed by atoms with Crippen molar-refractivity contribution in [1.29, 1.82) is 0 Å². The van der Waals surface area contributed by atoms with Crippen LogP contribution in [-0.2, 0) is 11.2 Å². The number of amides is 1. The molecule has 0 bridgehead atoms. The number of benzene rings is 1. The molecule has 1 aromatic carbocycles. The molecular weight excluding hydrogens is 184 g/mol. The van der Waals surface area contributed by atoms with Gasteiger partial charge in [0.1, 0.15) is 0 Å². The lowest BCUT2D eigenvalue weighted by molar-refractivity contribution is -0.119. The third-order valence-corrected chi connectivity index (χ3v) is 2.09. The summed E-state index contributed by atoms with van der Waals surface area (Å²) in [4.78, 5) is 10.8. The van der Waals surface area contributed by atoms with E-state index in [0.717, 1.165) is 5.56 Å². The highest BCUT2D eigenvalue weighted by atomic mass is 32.1. The van der Waals surface area contributed by atoms with Crippen LogP contribution in [0.1, 0.15) is 5.56 Å². The number of nitrogens with one attached hydrogen (secondary N) is 1. The van der Waals surface area contributed by atoms with E-state index >= 15 is 0 Å². The maximum Gasteiger partial charge on any atom is 0.235 e. The van der Waals surface area contributed by atoms with Crippen molar-refractivity contribution >= 4 is 18.7 Å². The summed E-state index contributed by atoms with van der Waals surface area (Å²) in [6.07, 6.45) is 0.569. The second-order valence-electron chi connectivity index (χ2n) is 2.77. The lowest BCUT2D eigenvalue weighted by Gasteiger charge is -2.10. The average Bonchev–Trinajstić information content (AvgIpc) is 2.15. The van der Waals surface area contributed by atoms with Gasteiger partial charge in [0.2, 0.25) is 5.91 Å². The Morgan fingerprint density at radius 2 is 2.08 bits per heavy atom. The van der Waals surface area contributed by atoms with Crippen LogP contribution in [0.5, 0.6) is 0 Å². The molecule has 0 aliphatic rings. The van der Waals surface area contributed by atoms with Gasteiger partial charge in [-0.3, -0.25) is 9.52 Å². The number of rotatable bonds is 4. The third-order valence-electron chi connectivity index (χ3n) is 1.78. The van der Waals surface area contributed by atoms with E-state index in [-0.39, 0.29) is 5.91 Å². The first kappa shape index (κ1) is 10.1. The Bertz CT molecular complexity index is 276. The standard InChI is InChI=1S/C9H12N2OS/c10-9(12)8(11-13)6-7-4-2-1-3-5-7/h1-5,8,11,13H,6H2,(H2,10,12). The van der Waals surface area contributed by atoms with Crippen LogP contribution in [0.2, 0.25) is 0 Å². The van der Waals surface area contributed by atoms with Crippen molar-refractivity contribution in [3.8, 4) is 0 Å². The van der Waals surface area contributed by atoms with Crippen LogP contribution in [0.4, 0.5) is 0 Å². The van der Waals surface area contributed by atoms with Crippen LogP contribution in [0, 0.1) is 0 Å². The number of nitrogens with two attached hydrogens (primary N) is 1. The largest absolute Gasteiger partial charge is 0.368 e. The van der Waals surface area contributed by atoms with Crippen molar-refractivity contribution in [2.75, 3.05) is 0 Å². The molecule has 1 rings (SSSR count). The molecule has 1 amide bonds. The van der Waals surface area contributed by atoms with Crippen LogP contribution in [-0.4, -0.2) is 11.9 Å². The molecule has 0 aliphatic carbocycles. The Labute approximate surface area is 82.9 Å². The molecule has 70 valence electrons. The van der Waals surface area contributed by atoms with Gasteiger partial charge in [-0.05, 0) is 12.0 Å². The van der Waals surface area contributed by atoms with Gasteiger partial charge >= 0.3 is 0 Å². The fourth-order valence-corrected chi connectivity index (χ4v) is 1.28. The van der Waals surface area contributed by atoms with Crippen molar-refractivity contribution < 1.29 is 4.79 Å². The predicted octanol–water partition coefficient (Wildman–Crippen LogP) is 0.517. The summed E-state index contributed by atoms with van der Waals surface area (Å²) in [6, 6.07) is 9.25. The molecule has 0 saturated carbocycles. The summed E-state index contributed by atoms with van der Waals surface area (Å²) >= 11 is 3.83. The van der Waals surface area contributed by atoms with E-state index in [1.807, 2.05) is 30.3 Å². The second-order valence-corrected chi connectivity index (χ2v) is 3.03. The molecule has 0 aromatic heterocycles. The van der Waals surface area contributed by atoms with E-state index in [4.69, 9.17) is 5.73 Å². The van der Waals surface area contributed by atoms with E-state index < -0.39 is 6.04 Å². The Morgan fingerprint density at radius 3 is 2.54 bits per heavy atom. The van der Waals surface area contributed by atoms with Gasteiger partial charge in [0, 0.05) is 0 Å². The van der Waals surface area contributed by atoms with Crippen molar-refractivity contribution in [2.45, 2.75) is 12.5 Å². The van der Waals surface area contributed by atoms with E-state index in [1.54, 1.807) is 0 Å². The third kappa shape index (κ3) is 3.08. The van der Waals surface area contributed by atoms with Crippen molar-refractivity contribution in [3.63, 3.8) is 0 Å². The highest BCUT2D eigenvalue weighted by Crippen LogP contribution is 2.02. The molecule has 0 fully saturated rings. The molecule has 3 nitrogen and oxygen atoms in total. The normalized spacial score (nSPS) is 12.4. The maximum absolute atomic E-state index is 10.8. The number of hydrogen-bond acceptors (Lipinski definition) is 3. The van der Waals surface area contributed by atoms with Gasteiger partial charge in [-0.25, -0.2) is 0 Å². The SMILES string of the molecule is NC(=O)C(Cc1ccccc1)NS. The van der Waals surface area contributed by atoms with Crippen LogP contribution in [0.3, 0.4) is 0 Å². The minimum atomic E-state index is -0.411. The highest BCUT2D eigenvalue weighted by molar-refractivity contribution is 7.78. The molecule has 0 spiro atoms. The van der Waals surface area contributed by atoms with Gasteiger partial charge < -0.3 is 5.73 Å². The molecule has 0 heterocycles. The Kier molecular flexibility index (Phi) is 3.79. The molecule has 1 atom stereocenters. The van der Waals surface area contributed by atoms with Gasteiger partial charge in [-0.1, -0.05) is 43.1 Å². The summed E-state index contributed by atoms with van der Waals surface area (Å²) in [5.41, 5.74) is 6.21. The number of carbonyl (C=O) groups is 1. The van der Waals surface area contributed by atoms with Gasteiger partial charge in [0.15, 0.2) is 0 Å². The van der Waals surface area contributed by atoms with Gasteiger partial charge in [0.25, 0.3) is 0 Å². The predicted molar refractivity (Wildman–Crippen MR) is 55.3 cm³/mol. The van der Waals surface area contributed by atoms with Crippen molar-refractivity contribution in [2.24, 2.45) is 5.73 Å². The summed E-state index contributed by atoms with van der Waals surface area (Å²) in [7, 11) is 0. The zero-order chi connectivity index (χ0) is 9.68. The van der Waals surface area contributed by atoms with Gasteiger partial charge in [-0.2, -0.15) is 0 Å². The lowest BCUT2D eigenvalue weighted by Crippen LogP contribution is -2.38. The zero-order valence-corrected chi connectivity index (χ0v) is 8.00. The fourth-order valence-electron chi connectivity index (χ4n) is 1.06. The first-order valence-electron chi connectivity index (χ1n) is 3.97. The highest BCUT2D eigenvalue weighted by Gasteiger charge is 2.12. The topological polar surface area (TPSA) is 55.1 Å². The maximum atomic E-state index is 10.8. The van der Waals surface area contributed by atoms with Crippen LogP contribution < -0.4 is 10.5 Å². The molecule has 0 aliphatic heterocycles. The van der Waals surface area contributed by atoms with E-state index in [9.17, 15) is 4.79 Å². The van der Waals surface area contributed by atoms with Crippen molar-refractivity contribution in [3.05, 3.63) is 35.9 Å². The average molecular weight is 196 g/mol. The first-order chi connectivity index (χ1) is 6.24. The molecule has 0 radical (unpaired) electrons. The van der Waals surface area contributed by atoms with Crippen molar-refractivity contribution in [1.82, 2.24) is 4.72 Å². The number of hydrogen-bond donors (Lipinski definition) is 3. The summed E-state index contributed by atoms with van der Waals surface area (Å²) in [5, 5.41) is 0. The quantitative estimate of drug-likeness (QED) is 0.615. The van der Waals surface area contributed by atoms with Crippen LogP contribution >= 0.6 is 12.8 Å². The minimum Gasteiger partial charge on any atom is -0.368 e. The van der Waals surface area contributed by atoms with Crippen LogP contribution in [0.15, 0.2) is 30.3 Å². The molecule has 1 aromatic rings. The number of carbonyl (C=O) groups excluding carboxylic acids is 1. The Morgan fingerprint density at radius 1 is 1.46 bits per heavy atom. The smallest absolute Gasteiger partial charge is 0.235 e. The first-order valence-corrected chi connectivity index (χ1v) is 4.41. The molecule has 0 saturated heterocycles. The summed E-state index contributed by atoms with van der Waals surface area (Å²) in [5.74, 6) is -0.390. The second kappa shape index (κ2) is 4.89. The molecule has 4 heteroatoms. The lowest BCUT2D eigenvalue weighted by atomic mass is 10.1. The Balaban J connectivity index is 2.62. The zero-order valence-electron chi connectivity index (χ0n) is 7.10. The molecular formula is C9H12N2OS. The van der Waals surface area contributed by atoms with Gasteiger partial charge in [-0.15, -0.1) is 0 Å². The van der Waals surface area contributed by atoms with Crippen LogP contribution in [0.25, 0.3) is 0 Å². The number of thiol groups is 1. The number of primary amides is 1. The molecule has 13 heavy (non-hydrogen) atoms. The fraction of sp³-hybridized carbons (Fsp3) is 0.222. The Hall–Kier alpha value is -1.00.